The van der Waals surface area contributed by atoms with Crippen LogP contribution in [0.25, 0.3) is 0 Å². The monoisotopic (exact) mass is 276 g/mol. The highest BCUT2D eigenvalue weighted by Gasteiger charge is 2.27. The fourth-order valence-corrected chi connectivity index (χ4v) is 3.92. The van der Waals surface area contributed by atoms with E-state index in [9.17, 15) is 8.42 Å². The van der Waals surface area contributed by atoms with Gasteiger partial charge in [-0.3, -0.25) is 0 Å². The molecule has 0 radical (unpaired) electrons. The molecule has 0 saturated carbocycles. The normalized spacial score (nSPS) is 16.8. The molecule has 1 heterocycles. The first-order valence-electron chi connectivity index (χ1n) is 6.11. The molecule has 0 aromatic heterocycles. The van der Waals surface area contributed by atoms with Gasteiger partial charge in [0.05, 0.1) is 16.5 Å². The van der Waals surface area contributed by atoms with Gasteiger partial charge in [0.15, 0.2) is 0 Å². The quantitative estimate of drug-likeness (QED) is 0.778. The number of hydrogen-bond donors (Lipinski definition) is 0. The predicted molar refractivity (Wildman–Crippen MR) is 73.0 cm³/mol. The molecule has 1 aromatic carbocycles. The van der Waals surface area contributed by atoms with Gasteiger partial charge in [-0.1, -0.05) is 17.7 Å². The van der Waals surface area contributed by atoms with Crippen LogP contribution in [-0.2, 0) is 10.0 Å². The summed E-state index contributed by atoms with van der Waals surface area (Å²) in [6.45, 7) is 4.61. The molecule has 0 bridgehead atoms. The second-order valence-electron chi connectivity index (χ2n) is 4.77. The maximum Gasteiger partial charge on any atom is 0.243 e. The highest BCUT2D eigenvalue weighted by Crippen LogP contribution is 2.24. The third kappa shape index (κ3) is 2.70. The molecule has 1 aliphatic rings. The van der Waals surface area contributed by atoms with Crippen molar-refractivity contribution in [1.29, 1.82) is 5.26 Å². The van der Waals surface area contributed by atoms with Crippen molar-refractivity contribution in [3.8, 4) is 6.07 Å². The van der Waals surface area contributed by atoms with Gasteiger partial charge in [-0.15, -0.1) is 0 Å². The van der Waals surface area contributed by atoms with Crippen molar-refractivity contribution in [2.45, 2.75) is 25.2 Å². The number of sulfonamides is 1. The van der Waals surface area contributed by atoms with Crippen LogP contribution in [0.1, 0.15) is 24.5 Å². The minimum absolute atomic E-state index is 0.237. The Bertz CT molecular complexity index is 669. The SMILES string of the molecule is CC1=CCCN(S(=O)(=O)c2cc(C#N)ccc2C)C1. The number of hydrogen-bond acceptors (Lipinski definition) is 3. The molecular weight excluding hydrogens is 260 g/mol. The first-order chi connectivity index (χ1) is 8.95. The number of aryl methyl sites for hydroxylation is 1. The maximum absolute atomic E-state index is 12.6. The van der Waals surface area contributed by atoms with E-state index in [0.717, 1.165) is 12.0 Å². The van der Waals surface area contributed by atoms with Crippen molar-refractivity contribution in [2.75, 3.05) is 13.1 Å². The molecule has 0 N–H and O–H groups in total. The summed E-state index contributed by atoms with van der Waals surface area (Å²) >= 11 is 0. The molecule has 1 aromatic rings. The Morgan fingerprint density at radius 2 is 2.05 bits per heavy atom. The smallest absolute Gasteiger partial charge is 0.207 e. The third-order valence-corrected chi connectivity index (χ3v) is 5.22. The van der Waals surface area contributed by atoms with Crippen LogP contribution < -0.4 is 0 Å². The Morgan fingerprint density at radius 1 is 1.32 bits per heavy atom. The molecule has 100 valence electrons. The Labute approximate surface area is 114 Å². The van der Waals surface area contributed by atoms with E-state index in [-0.39, 0.29) is 4.90 Å². The van der Waals surface area contributed by atoms with Gasteiger partial charge in [0.1, 0.15) is 0 Å². The molecule has 0 amide bonds. The van der Waals surface area contributed by atoms with Crippen LogP contribution in [0.4, 0.5) is 0 Å². The van der Waals surface area contributed by atoms with Gasteiger partial charge in [0.2, 0.25) is 10.0 Å². The first kappa shape index (κ1) is 13.8. The lowest BCUT2D eigenvalue weighted by molar-refractivity contribution is 0.427. The lowest BCUT2D eigenvalue weighted by Crippen LogP contribution is -2.35. The molecule has 0 atom stereocenters. The van der Waals surface area contributed by atoms with Crippen molar-refractivity contribution in [3.63, 3.8) is 0 Å². The Morgan fingerprint density at radius 3 is 2.68 bits per heavy atom. The van der Waals surface area contributed by atoms with E-state index in [0.29, 0.717) is 24.2 Å². The topological polar surface area (TPSA) is 61.2 Å². The largest absolute Gasteiger partial charge is 0.243 e. The van der Waals surface area contributed by atoms with Crippen LogP contribution in [0.15, 0.2) is 34.7 Å². The molecular formula is C14H16N2O2S. The lowest BCUT2D eigenvalue weighted by atomic mass is 10.2. The number of nitrogens with zero attached hydrogens (tertiary/aromatic N) is 2. The van der Waals surface area contributed by atoms with Crippen LogP contribution in [-0.4, -0.2) is 25.8 Å². The minimum Gasteiger partial charge on any atom is -0.207 e. The Kier molecular flexibility index (Phi) is 3.74. The summed E-state index contributed by atoms with van der Waals surface area (Å²) < 4.78 is 26.7. The summed E-state index contributed by atoms with van der Waals surface area (Å²) in [5, 5.41) is 8.90. The average Bonchev–Trinajstić information content (AvgIpc) is 2.39. The van der Waals surface area contributed by atoms with Gasteiger partial charge in [-0.25, -0.2) is 8.42 Å². The van der Waals surface area contributed by atoms with Gasteiger partial charge in [0, 0.05) is 13.1 Å². The number of rotatable bonds is 2. The predicted octanol–water partition coefficient (Wildman–Crippen LogP) is 2.21. The minimum atomic E-state index is -3.52. The third-order valence-electron chi connectivity index (χ3n) is 3.23. The Hall–Kier alpha value is -1.64. The van der Waals surface area contributed by atoms with E-state index in [1.54, 1.807) is 19.1 Å². The van der Waals surface area contributed by atoms with Crippen LogP contribution in [0.5, 0.6) is 0 Å². The van der Waals surface area contributed by atoms with Crippen molar-refractivity contribution in [1.82, 2.24) is 4.31 Å². The molecule has 0 fully saturated rings. The van der Waals surface area contributed by atoms with E-state index in [4.69, 9.17) is 5.26 Å². The molecule has 4 nitrogen and oxygen atoms in total. The fourth-order valence-electron chi connectivity index (χ4n) is 2.17. The van der Waals surface area contributed by atoms with Crippen molar-refractivity contribution in [3.05, 3.63) is 41.0 Å². The highest BCUT2D eigenvalue weighted by atomic mass is 32.2. The van der Waals surface area contributed by atoms with Crippen LogP contribution in [0.2, 0.25) is 0 Å². The summed E-state index contributed by atoms with van der Waals surface area (Å²) in [4.78, 5) is 0.237. The number of benzene rings is 1. The molecule has 5 heteroatoms. The van der Waals surface area contributed by atoms with Gasteiger partial charge in [-0.05, 0) is 38.0 Å². The van der Waals surface area contributed by atoms with E-state index in [1.807, 2.05) is 13.0 Å². The summed E-state index contributed by atoms with van der Waals surface area (Å²) in [7, 11) is -3.52. The van der Waals surface area contributed by atoms with Crippen molar-refractivity contribution < 1.29 is 8.42 Å². The molecule has 2 rings (SSSR count). The summed E-state index contributed by atoms with van der Waals surface area (Å²) in [6.07, 6.45) is 2.80. The van der Waals surface area contributed by atoms with Crippen molar-refractivity contribution >= 4 is 10.0 Å². The standard InChI is InChI=1S/C14H16N2O2S/c1-11-4-3-7-16(10-11)19(17,18)14-8-13(9-15)6-5-12(14)2/h4-6,8H,3,7,10H2,1-2H3. The van der Waals surface area contributed by atoms with Gasteiger partial charge < -0.3 is 0 Å². The zero-order valence-corrected chi connectivity index (χ0v) is 11.9. The maximum atomic E-state index is 12.6. The molecule has 0 saturated heterocycles. The fraction of sp³-hybridized carbons (Fsp3) is 0.357. The summed E-state index contributed by atoms with van der Waals surface area (Å²) in [6, 6.07) is 6.75. The van der Waals surface area contributed by atoms with Gasteiger partial charge in [-0.2, -0.15) is 9.57 Å². The Balaban J connectivity index is 2.45. The van der Waals surface area contributed by atoms with Crippen LogP contribution in [0, 0.1) is 18.3 Å². The average molecular weight is 276 g/mol. The lowest BCUT2D eigenvalue weighted by Gasteiger charge is -2.26. The van der Waals surface area contributed by atoms with E-state index < -0.39 is 10.0 Å². The van der Waals surface area contributed by atoms with Gasteiger partial charge in [0.25, 0.3) is 0 Å². The zero-order valence-electron chi connectivity index (χ0n) is 11.0. The highest BCUT2D eigenvalue weighted by molar-refractivity contribution is 7.89. The molecule has 0 unspecified atom stereocenters. The summed E-state index contributed by atoms with van der Waals surface area (Å²) in [5.41, 5.74) is 2.10. The van der Waals surface area contributed by atoms with E-state index in [2.05, 4.69) is 6.08 Å². The second kappa shape index (κ2) is 5.16. The summed E-state index contributed by atoms with van der Waals surface area (Å²) in [5.74, 6) is 0. The molecule has 0 spiro atoms. The number of nitriles is 1. The van der Waals surface area contributed by atoms with Gasteiger partial charge >= 0.3 is 0 Å². The van der Waals surface area contributed by atoms with E-state index in [1.165, 1.54) is 10.4 Å². The molecule has 1 aliphatic heterocycles. The second-order valence-corrected chi connectivity index (χ2v) is 6.68. The van der Waals surface area contributed by atoms with Crippen LogP contribution in [0.3, 0.4) is 0 Å². The zero-order chi connectivity index (χ0) is 14.0. The van der Waals surface area contributed by atoms with Crippen LogP contribution >= 0.6 is 0 Å². The molecule has 19 heavy (non-hydrogen) atoms. The van der Waals surface area contributed by atoms with E-state index >= 15 is 0 Å². The molecule has 0 aliphatic carbocycles. The van der Waals surface area contributed by atoms with Crippen molar-refractivity contribution in [2.24, 2.45) is 0 Å². The first-order valence-corrected chi connectivity index (χ1v) is 7.55.